The van der Waals surface area contributed by atoms with Crippen LogP contribution < -0.4 is 4.57 Å². The number of rotatable bonds is 2. The van der Waals surface area contributed by atoms with E-state index in [9.17, 15) is 18.4 Å². The van der Waals surface area contributed by atoms with Crippen LogP contribution in [0.15, 0.2) is 28.6 Å². The van der Waals surface area contributed by atoms with Gasteiger partial charge in [0.15, 0.2) is 6.04 Å². The largest absolute Gasteiger partial charge is 0.418 e. The number of hydrogen-bond donors (Lipinski definition) is 0. The normalized spacial score (nSPS) is 17.3. The van der Waals surface area contributed by atoms with Gasteiger partial charge in [-0.1, -0.05) is 22.0 Å². The van der Waals surface area contributed by atoms with E-state index in [1.807, 2.05) is 16.0 Å². The maximum atomic E-state index is 13.3. The Balaban J connectivity index is 2.35. The molecule has 2 aromatic heterocycles. The first-order valence-corrected chi connectivity index (χ1v) is 9.28. The van der Waals surface area contributed by atoms with E-state index in [1.165, 1.54) is 23.1 Å². The zero-order valence-electron chi connectivity index (χ0n) is 11.0. The Morgan fingerprint density at radius 2 is 2.23 bits per heavy atom. The molecule has 22 heavy (non-hydrogen) atoms. The first-order chi connectivity index (χ1) is 10.5. The fraction of sp³-hybridized carbons (Fsp3) is 0.286. The van der Waals surface area contributed by atoms with Crippen molar-refractivity contribution in [2.75, 3.05) is 11.1 Å². The molecule has 2 nitrogen and oxygen atoms in total. The molecule has 3 rings (SSSR count). The zero-order chi connectivity index (χ0) is 15.9. The highest BCUT2D eigenvalue weighted by Gasteiger charge is 2.44. The Morgan fingerprint density at radius 1 is 1.45 bits per heavy atom. The number of pyridine rings is 1. The topological polar surface area (TPSA) is 27.7 Å². The van der Waals surface area contributed by atoms with Gasteiger partial charge in [-0.2, -0.15) is 23.0 Å². The molecule has 2 aromatic rings. The van der Waals surface area contributed by atoms with Crippen molar-refractivity contribution < 1.29 is 17.7 Å². The molecule has 0 amide bonds. The molecular formula is C14H9BrF3N2S2+. The van der Waals surface area contributed by atoms with Crippen molar-refractivity contribution in [3.05, 3.63) is 34.7 Å². The lowest BCUT2D eigenvalue weighted by molar-refractivity contribution is -0.733. The van der Waals surface area contributed by atoms with Crippen LogP contribution in [-0.4, -0.2) is 11.1 Å². The molecule has 0 spiro atoms. The van der Waals surface area contributed by atoms with E-state index < -0.39 is 11.7 Å². The smallest absolute Gasteiger partial charge is 0.192 e. The van der Waals surface area contributed by atoms with Crippen LogP contribution in [0, 0.1) is 11.3 Å². The molecule has 0 fully saturated rings. The van der Waals surface area contributed by atoms with E-state index >= 15 is 0 Å². The molecular weight excluding hydrogens is 397 g/mol. The van der Waals surface area contributed by atoms with Gasteiger partial charge < -0.3 is 0 Å². The summed E-state index contributed by atoms with van der Waals surface area (Å²) < 4.78 is 41.8. The van der Waals surface area contributed by atoms with Gasteiger partial charge in [0.25, 0.3) is 5.03 Å². The second-order valence-corrected chi connectivity index (χ2v) is 7.30. The number of alkyl halides is 4. The first-order valence-electron chi connectivity index (χ1n) is 6.30. The minimum Gasteiger partial charge on any atom is -0.192 e. The SMILES string of the molecule is N#Cc1c(C(F)(F)F)cc(-c2cccs2)[n+]2c1SCC2CBr. The molecule has 1 aliphatic rings. The second-order valence-electron chi connectivity index (χ2n) is 4.70. The predicted molar refractivity (Wildman–Crippen MR) is 83.2 cm³/mol. The van der Waals surface area contributed by atoms with Gasteiger partial charge in [-0.05, 0) is 23.2 Å². The number of hydrogen-bond acceptors (Lipinski definition) is 3. The van der Waals surface area contributed by atoms with Crippen molar-refractivity contribution in [3.8, 4) is 16.6 Å². The maximum absolute atomic E-state index is 13.3. The lowest BCUT2D eigenvalue weighted by Gasteiger charge is -2.12. The van der Waals surface area contributed by atoms with Gasteiger partial charge in [0.05, 0.1) is 21.5 Å². The summed E-state index contributed by atoms with van der Waals surface area (Å²) in [5.74, 6) is 0.652. The second kappa shape index (κ2) is 5.87. The number of thioether (sulfide) groups is 1. The van der Waals surface area contributed by atoms with Gasteiger partial charge >= 0.3 is 6.18 Å². The van der Waals surface area contributed by atoms with Crippen molar-refractivity contribution >= 4 is 39.0 Å². The van der Waals surface area contributed by atoms with E-state index in [2.05, 4.69) is 15.9 Å². The van der Waals surface area contributed by atoms with Crippen molar-refractivity contribution in [2.45, 2.75) is 17.2 Å². The van der Waals surface area contributed by atoms with Crippen LogP contribution in [-0.2, 0) is 6.18 Å². The molecule has 8 heteroatoms. The fourth-order valence-electron chi connectivity index (χ4n) is 2.44. The lowest BCUT2D eigenvalue weighted by atomic mass is 10.1. The van der Waals surface area contributed by atoms with E-state index in [0.29, 0.717) is 21.8 Å². The maximum Gasteiger partial charge on any atom is 0.418 e. The first kappa shape index (κ1) is 15.8. The van der Waals surface area contributed by atoms with Crippen molar-refractivity contribution in [1.82, 2.24) is 0 Å². The van der Waals surface area contributed by atoms with Gasteiger partial charge in [-0.3, -0.25) is 0 Å². The molecule has 0 radical (unpaired) electrons. The molecule has 0 bridgehead atoms. The Kier molecular flexibility index (Phi) is 4.23. The van der Waals surface area contributed by atoms with Crippen molar-refractivity contribution in [1.29, 1.82) is 5.26 Å². The van der Waals surface area contributed by atoms with Crippen LogP contribution in [0.2, 0.25) is 0 Å². The number of nitrogens with zero attached hydrogens (tertiary/aromatic N) is 2. The fourth-order valence-corrected chi connectivity index (χ4v) is 5.30. The highest BCUT2D eigenvalue weighted by atomic mass is 79.9. The minimum absolute atomic E-state index is 0.0338. The average molecular weight is 406 g/mol. The third-order valence-corrected chi connectivity index (χ3v) is 6.25. The Hall–Kier alpha value is -1.04. The molecule has 0 N–H and O–H groups in total. The van der Waals surface area contributed by atoms with Gasteiger partial charge in [0.2, 0.25) is 5.69 Å². The third-order valence-electron chi connectivity index (χ3n) is 3.39. The molecule has 0 saturated heterocycles. The molecule has 0 aromatic carbocycles. The standard InChI is InChI=1S/C14H9BrF3N2S2/c15-5-8-7-22-13-9(6-19)10(14(16,17)18)4-11(20(8)13)12-2-1-3-21-12/h1-4,8H,5,7H2/q+1. The van der Waals surface area contributed by atoms with Crippen LogP contribution in [0.5, 0.6) is 0 Å². The van der Waals surface area contributed by atoms with E-state index in [-0.39, 0.29) is 11.6 Å². The number of thiophene rings is 1. The summed E-state index contributed by atoms with van der Waals surface area (Å²) in [5, 5.41) is 12.1. The molecule has 1 atom stereocenters. The summed E-state index contributed by atoms with van der Waals surface area (Å²) in [4.78, 5) is 0.768. The summed E-state index contributed by atoms with van der Waals surface area (Å²) in [6.07, 6.45) is -4.54. The Morgan fingerprint density at radius 3 is 2.77 bits per heavy atom. The zero-order valence-corrected chi connectivity index (χ0v) is 14.2. The van der Waals surface area contributed by atoms with Gasteiger partial charge in [0, 0.05) is 6.07 Å². The van der Waals surface area contributed by atoms with Crippen LogP contribution in [0.3, 0.4) is 0 Å². The molecule has 3 heterocycles. The Bertz CT molecular complexity index is 751. The summed E-state index contributed by atoms with van der Waals surface area (Å²) >= 11 is 6.11. The molecule has 1 unspecified atom stereocenters. The van der Waals surface area contributed by atoms with Crippen molar-refractivity contribution in [2.24, 2.45) is 0 Å². The van der Waals surface area contributed by atoms with E-state index in [0.717, 1.165) is 10.9 Å². The van der Waals surface area contributed by atoms with Gasteiger partial charge in [-0.25, -0.2) is 0 Å². The van der Waals surface area contributed by atoms with Crippen LogP contribution in [0.4, 0.5) is 13.2 Å². The molecule has 0 saturated carbocycles. The monoisotopic (exact) mass is 405 g/mol. The van der Waals surface area contributed by atoms with Crippen LogP contribution >= 0.6 is 39.0 Å². The molecule has 114 valence electrons. The third kappa shape index (κ3) is 2.55. The van der Waals surface area contributed by atoms with Crippen LogP contribution in [0.25, 0.3) is 10.6 Å². The van der Waals surface area contributed by atoms with E-state index in [4.69, 9.17) is 0 Å². The average Bonchev–Trinajstić information content (AvgIpc) is 3.13. The summed E-state index contributed by atoms with van der Waals surface area (Å²) in [7, 11) is 0. The molecule has 0 aliphatic carbocycles. The molecule has 1 aliphatic heterocycles. The van der Waals surface area contributed by atoms with Crippen LogP contribution in [0.1, 0.15) is 17.2 Å². The van der Waals surface area contributed by atoms with E-state index in [1.54, 1.807) is 12.1 Å². The summed E-state index contributed by atoms with van der Waals surface area (Å²) in [6.45, 7) is 0. The van der Waals surface area contributed by atoms with Gasteiger partial charge in [-0.15, -0.1) is 11.3 Å². The summed E-state index contributed by atoms with van der Waals surface area (Å²) in [5.41, 5.74) is -0.612. The lowest BCUT2D eigenvalue weighted by Crippen LogP contribution is -2.43. The quantitative estimate of drug-likeness (QED) is 0.537. The summed E-state index contributed by atoms with van der Waals surface area (Å²) in [6, 6.07) is 6.49. The van der Waals surface area contributed by atoms with Gasteiger partial charge in [0.1, 0.15) is 11.6 Å². The number of fused-ring (bicyclic) bond motifs is 1. The number of nitriles is 1. The Labute approximate surface area is 141 Å². The number of aromatic nitrogens is 1. The van der Waals surface area contributed by atoms with Crippen molar-refractivity contribution in [3.63, 3.8) is 0 Å². The minimum atomic E-state index is -4.54. The predicted octanol–water partition coefficient (Wildman–Crippen LogP) is 4.63. The number of halogens is 4. The highest BCUT2D eigenvalue weighted by Crippen LogP contribution is 2.41. The highest BCUT2D eigenvalue weighted by molar-refractivity contribution is 9.09.